The summed E-state index contributed by atoms with van der Waals surface area (Å²) in [5.74, 6) is 2.94. The molecule has 4 aliphatic rings. The zero-order valence-corrected chi connectivity index (χ0v) is 45.1. The Hall–Kier alpha value is -5.98. The number of aliphatic hydroxyl groups excluding tert-OH is 1. The van der Waals surface area contributed by atoms with Crippen molar-refractivity contribution in [1.82, 2.24) is 0 Å². The predicted molar refractivity (Wildman–Crippen MR) is 371 cm³/mol. The average Bonchev–Trinajstić information content (AvgIpc) is 1.49. The van der Waals surface area contributed by atoms with Crippen molar-refractivity contribution in [3.8, 4) is 57.9 Å². The molecule has 332 valence electrons. The molecule has 85 heavy (non-hydrogen) atoms. The third-order valence-electron chi connectivity index (χ3n) is 16.0. The third kappa shape index (κ3) is 8.45. The summed E-state index contributed by atoms with van der Waals surface area (Å²) in [4.78, 5) is 16.1. The van der Waals surface area contributed by atoms with E-state index in [4.69, 9.17) is 218 Å². The highest BCUT2D eigenvalue weighted by molar-refractivity contribution is 6.69. The number of benzene rings is 5. The number of hydrogen-bond acceptors (Lipinski definition) is 5. The van der Waals surface area contributed by atoms with Gasteiger partial charge < -0.3 is 15.3 Å². The van der Waals surface area contributed by atoms with Crippen LogP contribution in [0.5, 0.6) is 11.5 Å². The summed E-state index contributed by atoms with van der Waals surface area (Å²) < 4.78 is 0. The molecule has 0 saturated heterocycles. The van der Waals surface area contributed by atoms with Crippen LogP contribution in [0.1, 0.15) is 40.3 Å². The highest BCUT2D eigenvalue weighted by Crippen LogP contribution is 2.64. The van der Waals surface area contributed by atoms with E-state index in [9.17, 15) is 15.3 Å². The Balaban J connectivity index is 1.47. The van der Waals surface area contributed by atoms with Gasteiger partial charge in [0, 0.05) is 28.2 Å². The molecule has 0 fully saturated rings. The van der Waals surface area contributed by atoms with Gasteiger partial charge >= 0.3 is 0 Å². The number of carbonyl (C=O) groups excluding carboxylic acids is 1. The lowest BCUT2D eigenvalue weighted by atomic mass is 9.52. The molecule has 9 rings (SSSR count). The second-order valence-corrected chi connectivity index (χ2v) is 20.2. The van der Waals surface area contributed by atoms with Crippen LogP contribution >= 0.6 is 0 Å². The van der Waals surface area contributed by atoms with Gasteiger partial charge in [-0.05, 0) is 61.6 Å². The van der Waals surface area contributed by atoms with Crippen molar-refractivity contribution in [2.75, 3.05) is 4.90 Å². The fourth-order valence-electron chi connectivity index (χ4n) is 11.8. The minimum absolute atomic E-state index is 0.0109. The van der Waals surface area contributed by atoms with Gasteiger partial charge in [0.1, 0.15) is 213 Å². The number of aliphatic hydroxyl groups is 1. The molecular weight excluding hydrogens is 1010 g/mol. The zero-order chi connectivity index (χ0) is 63.5. The van der Waals surface area contributed by atoms with Crippen molar-refractivity contribution in [1.29, 1.82) is 0 Å². The first-order valence-corrected chi connectivity index (χ1v) is 24.7. The first kappa shape index (κ1) is 63.5. The molecule has 0 aromatic heterocycles. The van der Waals surface area contributed by atoms with E-state index in [1.807, 2.05) is 0 Å². The number of fused-ring (bicyclic) bond motifs is 9. The average molecular weight is 1020 g/mol. The number of aromatic hydroxyl groups is 2. The van der Waals surface area contributed by atoms with Gasteiger partial charge in [0.15, 0.2) is 5.76 Å². The molecule has 0 bridgehead atoms. The van der Waals surface area contributed by atoms with E-state index in [0.717, 1.165) is 4.90 Å². The molecule has 2 atom stereocenters. The van der Waals surface area contributed by atoms with Crippen LogP contribution in [0.4, 0.5) is 5.69 Å². The van der Waals surface area contributed by atoms with Gasteiger partial charge in [-0.3, -0.25) is 9.69 Å². The maximum absolute atomic E-state index is 15.3. The number of nitrogens with zero attached hydrogens (tertiary/aromatic N) is 1. The fraction of sp³-hybridized carbons (Fsp3) is 0.0755. The van der Waals surface area contributed by atoms with Crippen LogP contribution in [0.3, 0.4) is 0 Å². The summed E-state index contributed by atoms with van der Waals surface area (Å²) in [6, 6.07) is 0. The zero-order valence-electron chi connectivity index (χ0n) is 45.1. The number of terminal acetylenes is 1. The molecule has 5 nitrogen and oxygen atoms in total. The van der Waals surface area contributed by atoms with Crippen molar-refractivity contribution >= 4 is 328 Å². The lowest BCUT2D eigenvalue weighted by molar-refractivity contribution is -0.112. The number of anilines is 1. The minimum Gasteiger partial charge on any atom is -0.508 e. The summed E-state index contributed by atoms with van der Waals surface area (Å²) in [5, 5.41) is 35.9. The number of phenolic OH excluding ortho intramolecular Hbond substituents is 2. The number of allylic oxidation sites excluding steroid dienone is 12. The van der Waals surface area contributed by atoms with Crippen molar-refractivity contribution in [3.05, 3.63) is 99.7 Å². The summed E-state index contributed by atoms with van der Waals surface area (Å²) >= 11 is 0. The Morgan fingerprint density at radius 1 is 0.565 bits per heavy atom. The fourth-order valence-corrected chi connectivity index (χ4v) is 11.8. The Morgan fingerprint density at radius 2 is 1.02 bits per heavy atom. The summed E-state index contributed by atoms with van der Waals surface area (Å²) in [7, 11) is 182. The first-order valence-electron chi connectivity index (χ1n) is 24.7. The highest BCUT2D eigenvalue weighted by Gasteiger charge is 2.58. The molecule has 4 aliphatic carbocycles. The van der Waals surface area contributed by atoms with Crippen molar-refractivity contribution in [3.63, 3.8) is 0 Å². The number of phenols is 2. The second-order valence-electron chi connectivity index (χ2n) is 20.2. The van der Waals surface area contributed by atoms with E-state index in [0.29, 0.717) is 0 Å². The SMILES string of the molecule is [B]Cc1c(O)c([B])c([B])c([B])c1/C(O)=C(\C#C)N(C1=C([B])C([B])=C([B])/C(=C([B])/C([B])=C(/[B])C)C1=O)c1c([B])c([B])c(-c2c([B])c([B])c3c(c2[B])C2=C(C([B])C#CC([B])=C2[B])C32c3c([B])c([B])c([B])c([B])c3-c3c(O)c([B])c([B])c([B])c32)c([B])c1[B]. The van der Waals surface area contributed by atoms with Crippen LogP contribution in [0.2, 0.25) is 5.82 Å². The highest BCUT2D eigenvalue weighted by atomic mass is 16.3. The van der Waals surface area contributed by atoms with E-state index in [1.165, 1.54) is 6.92 Å². The normalized spacial score (nSPS) is 18.0. The third-order valence-corrected chi connectivity index (χ3v) is 16.0. The maximum Gasteiger partial charge on any atom is 0.207 e. The molecule has 0 aliphatic heterocycles. The van der Waals surface area contributed by atoms with Crippen LogP contribution in [0.25, 0.3) is 33.6 Å². The Kier molecular flexibility index (Phi) is 16.4. The van der Waals surface area contributed by atoms with Gasteiger partial charge in [0.05, 0.1) is 26.8 Å². The van der Waals surface area contributed by atoms with Crippen LogP contribution in [-0.4, -0.2) is 233 Å². The smallest absolute Gasteiger partial charge is 0.207 e. The molecule has 32 heteroatoms. The Bertz CT molecular complexity index is 4350. The van der Waals surface area contributed by atoms with E-state index in [2.05, 4.69) is 17.8 Å². The number of carbonyl (C=O) groups is 1. The summed E-state index contributed by atoms with van der Waals surface area (Å²) in [5.41, 5.74) is -16.3. The largest absolute Gasteiger partial charge is 0.508 e. The van der Waals surface area contributed by atoms with Gasteiger partial charge in [0.2, 0.25) is 5.78 Å². The Labute approximate surface area is 531 Å². The number of hydrogen-bond donors (Lipinski definition) is 3. The minimum atomic E-state index is -2.12. The molecule has 0 heterocycles. The molecule has 3 N–H and O–H groups in total. The first-order chi connectivity index (χ1) is 39.6. The molecule has 54 radical (unpaired) electrons. The Morgan fingerprint density at radius 3 is 1.56 bits per heavy atom. The summed E-state index contributed by atoms with van der Waals surface area (Å²) in [6.45, 7) is 1.37. The number of rotatable bonds is 7. The van der Waals surface area contributed by atoms with Gasteiger partial charge in [0.25, 0.3) is 0 Å². The lowest BCUT2D eigenvalue weighted by Crippen LogP contribution is -2.54. The van der Waals surface area contributed by atoms with E-state index in [1.54, 1.807) is 0 Å². The van der Waals surface area contributed by atoms with E-state index in [-0.39, 0.29) is 132 Å². The topological polar surface area (TPSA) is 81.0 Å². The lowest BCUT2D eigenvalue weighted by Gasteiger charge is -2.40. The van der Waals surface area contributed by atoms with Crippen LogP contribution in [0, 0.1) is 24.2 Å². The van der Waals surface area contributed by atoms with Gasteiger partial charge in [-0.15, -0.1) is 50.6 Å². The van der Waals surface area contributed by atoms with Gasteiger partial charge in [-0.1, -0.05) is 118 Å². The predicted octanol–water partition coefficient (Wildman–Crippen LogP) is -14.6. The quantitative estimate of drug-likeness (QED) is 0.0655. The number of Topliss-reactive ketones (excluding diaryl/α,β-unsaturated/α-hetero) is 1. The molecular formula is C53H10B27NO4. The standard InChI is InChI=1S/C53H10B27NO4/c1-3-11(50(83)12-8(6-54)49(82)45(79)39(73)27(12)61)81(48-44(78)38(72)33(67)19(52(48)85)32(66)24(58)7(2)55)47-42(76)30(64)18(31(65)43(47)77)17-26(60)14-13-20(9(56)4-5-10(57)25(13)59)53(21(14)34(68)29(17)63)22-15(28(62)37(71)40(74)35(22)69)16-23(53)36(70)41(75)46(80)51(16)84/h1,9,82-84H,6H2,2H3/b24-7-,32-19+,50-11-. The molecule has 0 amide bonds. The van der Waals surface area contributed by atoms with Crippen molar-refractivity contribution in [2.45, 2.75) is 24.5 Å². The molecule has 2 unspecified atom stereocenters. The van der Waals surface area contributed by atoms with E-state index < -0.39 is 134 Å². The van der Waals surface area contributed by atoms with Crippen molar-refractivity contribution in [2.24, 2.45) is 0 Å². The molecule has 0 saturated carbocycles. The van der Waals surface area contributed by atoms with Crippen LogP contribution in [0.15, 0.2) is 66.3 Å². The monoisotopic (exact) mass is 1020 g/mol. The van der Waals surface area contributed by atoms with Crippen LogP contribution < -0.4 is 97.8 Å². The van der Waals surface area contributed by atoms with Crippen LogP contribution in [-0.2, 0) is 16.5 Å². The molecule has 1 spiro atoms. The van der Waals surface area contributed by atoms with Gasteiger partial charge in [-0.25, -0.2) is 0 Å². The van der Waals surface area contributed by atoms with Crippen molar-refractivity contribution < 1.29 is 20.1 Å². The van der Waals surface area contributed by atoms with Gasteiger partial charge in [-0.2, -0.15) is 0 Å². The van der Waals surface area contributed by atoms with E-state index >= 15 is 4.79 Å². The number of ketones is 1. The summed E-state index contributed by atoms with van der Waals surface area (Å²) in [6.07, 6.45) is 5.72. The molecule has 5 aromatic rings. The maximum atomic E-state index is 15.3. The second kappa shape index (κ2) is 22.0. The molecule has 5 aromatic carbocycles.